The zero-order chi connectivity index (χ0) is 14.8. The monoisotopic (exact) mass is 291 g/mol. The summed E-state index contributed by atoms with van der Waals surface area (Å²) in [6.07, 6.45) is 4.33. The van der Waals surface area contributed by atoms with E-state index in [1.807, 2.05) is 4.90 Å². The van der Waals surface area contributed by atoms with Crippen molar-refractivity contribution in [3.05, 3.63) is 34.5 Å². The van der Waals surface area contributed by atoms with Gasteiger partial charge in [-0.3, -0.25) is 9.36 Å². The third-order valence-corrected chi connectivity index (χ3v) is 3.99. The van der Waals surface area contributed by atoms with Gasteiger partial charge in [0.2, 0.25) is 5.91 Å². The lowest BCUT2D eigenvalue weighted by Crippen LogP contribution is -2.36. The number of halogens is 1. The van der Waals surface area contributed by atoms with E-state index in [0.29, 0.717) is 11.0 Å². The first kappa shape index (κ1) is 13.9. The van der Waals surface area contributed by atoms with Crippen LogP contribution in [0.3, 0.4) is 0 Å². The first-order valence-electron chi connectivity index (χ1n) is 7.31. The first-order chi connectivity index (χ1) is 10.1. The van der Waals surface area contributed by atoms with Crippen molar-refractivity contribution in [3.63, 3.8) is 0 Å². The largest absolute Gasteiger partial charge is 0.341 e. The maximum atomic E-state index is 13.2. The normalized spacial score (nSPS) is 16.1. The summed E-state index contributed by atoms with van der Waals surface area (Å²) in [5.74, 6) is -0.459. The molecule has 21 heavy (non-hydrogen) atoms. The molecule has 1 saturated heterocycles. The Kier molecular flexibility index (Phi) is 3.77. The van der Waals surface area contributed by atoms with E-state index in [9.17, 15) is 14.0 Å². The number of hydrogen-bond donors (Lipinski definition) is 1. The molecule has 5 nitrogen and oxygen atoms in total. The van der Waals surface area contributed by atoms with Crippen LogP contribution in [-0.4, -0.2) is 33.4 Å². The van der Waals surface area contributed by atoms with Gasteiger partial charge in [-0.1, -0.05) is 12.8 Å². The molecule has 1 aromatic carbocycles. The fourth-order valence-corrected chi connectivity index (χ4v) is 2.85. The van der Waals surface area contributed by atoms with E-state index in [-0.39, 0.29) is 18.1 Å². The Morgan fingerprint density at radius 2 is 1.90 bits per heavy atom. The molecule has 0 bridgehead atoms. The summed E-state index contributed by atoms with van der Waals surface area (Å²) in [5, 5.41) is 0. The highest BCUT2D eigenvalue weighted by Crippen LogP contribution is 2.14. The van der Waals surface area contributed by atoms with E-state index < -0.39 is 5.82 Å². The smallest absolute Gasteiger partial charge is 0.326 e. The summed E-state index contributed by atoms with van der Waals surface area (Å²) in [6.45, 7) is 1.51. The van der Waals surface area contributed by atoms with Gasteiger partial charge < -0.3 is 9.88 Å². The molecule has 0 radical (unpaired) electrons. The predicted molar refractivity (Wildman–Crippen MR) is 77.6 cm³/mol. The van der Waals surface area contributed by atoms with E-state index in [1.54, 1.807) is 0 Å². The second-order valence-electron chi connectivity index (χ2n) is 5.47. The minimum atomic E-state index is -0.408. The van der Waals surface area contributed by atoms with Crippen molar-refractivity contribution >= 4 is 16.9 Å². The molecule has 0 spiro atoms. The number of imidazole rings is 1. The van der Waals surface area contributed by atoms with E-state index in [2.05, 4.69) is 4.98 Å². The van der Waals surface area contributed by atoms with Crippen LogP contribution in [0.4, 0.5) is 4.39 Å². The van der Waals surface area contributed by atoms with Gasteiger partial charge in [0.05, 0.1) is 11.0 Å². The summed E-state index contributed by atoms with van der Waals surface area (Å²) in [5.41, 5.74) is 0.604. The fraction of sp³-hybridized carbons (Fsp3) is 0.467. The minimum Gasteiger partial charge on any atom is -0.341 e. The lowest BCUT2D eigenvalue weighted by molar-refractivity contribution is -0.131. The highest BCUT2D eigenvalue weighted by Gasteiger charge is 2.18. The number of H-pyrrole nitrogens is 1. The van der Waals surface area contributed by atoms with Crippen LogP contribution < -0.4 is 5.69 Å². The highest BCUT2D eigenvalue weighted by atomic mass is 19.1. The number of benzene rings is 1. The Hall–Kier alpha value is -2.11. The zero-order valence-electron chi connectivity index (χ0n) is 11.8. The molecule has 0 aliphatic carbocycles. The Balaban J connectivity index is 1.85. The van der Waals surface area contributed by atoms with Gasteiger partial charge in [0.1, 0.15) is 12.4 Å². The van der Waals surface area contributed by atoms with Crippen molar-refractivity contribution in [1.29, 1.82) is 0 Å². The lowest BCUT2D eigenvalue weighted by Gasteiger charge is -2.20. The van der Waals surface area contributed by atoms with Crippen molar-refractivity contribution in [1.82, 2.24) is 14.5 Å². The second-order valence-corrected chi connectivity index (χ2v) is 5.47. The molecule has 1 aliphatic heterocycles. The second kappa shape index (κ2) is 5.71. The number of carbonyl (C=O) groups excluding carboxylic acids is 1. The maximum absolute atomic E-state index is 13.2. The number of nitrogens with zero attached hydrogens (tertiary/aromatic N) is 2. The number of nitrogens with one attached hydrogen (secondary N) is 1. The van der Waals surface area contributed by atoms with E-state index in [0.717, 1.165) is 38.8 Å². The van der Waals surface area contributed by atoms with Gasteiger partial charge in [-0.2, -0.15) is 0 Å². The summed E-state index contributed by atoms with van der Waals surface area (Å²) in [6, 6.07) is 4.09. The van der Waals surface area contributed by atoms with Gasteiger partial charge in [-0.25, -0.2) is 9.18 Å². The van der Waals surface area contributed by atoms with Crippen LogP contribution in [0, 0.1) is 5.82 Å². The van der Waals surface area contributed by atoms with Crippen LogP contribution in [0.25, 0.3) is 11.0 Å². The van der Waals surface area contributed by atoms with Gasteiger partial charge in [0.15, 0.2) is 0 Å². The molecule has 1 aromatic heterocycles. The van der Waals surface area contributed by atoms with Crippen LogP contribution in [-0.2, 0) is 11.3 Å². The molecule has 1 aliphatic rings. The predicted octanol–water partition coefficient (Wildman–Crippen LogP) is 1.87. The summed E-state index contributed by atoms with van der Waals surface area (Å²) in [7, 11) is 0. The van der Waals surface area contributed by atoms with Crippen molar-refractivity contribution in [2.45, 2.75) is 32.2 Å². The molecule has 0 atom stereocenters. The molecule has 0 unspecified atom stereocenters. The quantitative estimate of drug-likeness (QED) is 0.918. The molecule has 3 rings (SSSR count). The van der Waals surface area contributed by atoms with Crippen LogP contribution in [0.1, 0.15) is 25.7 Å². The molecular weight excluding hydrogens is 273 g/mol. The number of hydrogen-bond acceptors (Lipinski definition) is 2. The minimum absolute atomic E-state index is 0.00443. The number of aromatic nitrogens is 2. The van der Waals surface area contributed by atoms with Gasteiger partial charge in [-0.05, 0) is 31.0 Å². The molecule has 6 heteroatoms. The van der Waals surface area contributed by atoms with Crippen LogP contribution in [0.2, 0.25) is 0 Å². The van der Waals surface area contributed by atoms with Crippen molar-refractivity contribution in [3.8, 4) is 0 Å². The topological polar surface area (TPSA) is 58.1 Å². The van der Waals surface area contributed by atoms with Gasteiger partial charge >= 0.3 is 5.69 Å². The van der Waals surface area contributed by atoms with E-state index in [4.69, 9.17) is 0 Å². The van der Waals surface area contributed by atoms with Crippen molar-refractivity contribution in [2.24, 2.45) is 0 Å². The van der Waals surface area contributed by atoms with Crippen LogP contribution >= 0.6 is 0 Å². The summed E-state index contributed by atoms with van der Waals surface area (Å²) in [4.78, 5) is 28.7. The molecule has 2 aromatic rings. The number of amides is 1. The average molecular weight is 291 g/mol. The number of likely N-dealkylation sites (tertiary alicyclic amines) is 1. The highest BCUT2D eigenvalue weighted by molar-refractivity contribution is 5.80. The number of carbonyl (C=O) groups is 1. The van der Waals surface area contributed by atoms with Gasteiger partial charge in [0, 0.05) is 13.1 Å². The molecule has 2 heterocycles. The van der Waals surface area contributed by atoms with Crippen LogP contribution in [0.5, 0.6) is 0 Å². The summed E-state index contributed by atoms with van der Waals surface area (Å²) < 4.78 is 14.5. The first-order valence-corrected chi connectivity index (χ1v) is 7.31. The third-order valence-electron chi connectivity index (χ3n) is 3.99. The maximum Gasteiger partial charge on any atom is 0.326 e. The Labute approximate surface area is 121 Å². The average Bonchev–Trinajstić information content (AvgIpc) is 2.67. The van der Waals surface area contributed by atoms with Crippen molar-refractivity contribution < 1.29 is 9.18 Å². The number of rotatable bonds is 2. The molecule has 1 fully saturated rings. The zero-order valence-corrected chi connectivity index (χ0v) is 11.8. The molecule has 1 amide bonds. The molecule has 0 saturated carbocycles. The Bertz CT molecular complexity index is 711. The van der Waals surface area contributed by atoms with Gasteiger partial charge in [-0.15, -0.1) is 0 Å². The Morgan fingerprint density at radius 3 is 2.62 bits per heavy atom. The van der Waals surface area contributed by atoms with Crippen molar-refractivity contribution in [2.75, 3.05) is 13.1 Å². The molecule has 112 valence electrons. The van der Waals surface area contributed by atoms with E-state index in [1.165, 1.54) is 22.8 Å². The van der Waals surface area contributed by atoms with Gasteiger partial charge in [0.25, 0.3) is 0 Å². The Morgan fingerprint density at radius 1 is 1.19 bits per heavy atom. The van der Waals surface area contributed by atoms with E-state index >= 15 is 0 Å². The fourth-order valence-electron chi connectivity index (χ4n) is 2.85. The molecular formula is C15H18FN3O2. The number of fused-ring (bicyclic) bond motifs is 1. The standard InChI is InChI=1S/C15H18FN3O2/c16-11-5-6-13-12(9-11)17-15(21)19(13)10-14(20)18-7-3-1-2-4-8-18/h5-6,9H,1-4,7-8,10H2,(H,17,21). The van der Waals surface area contributed by atoms with Crippen LogP contribution in [0.15, 0.2) is 23.0 Å². The third kappa shape index (κ3) is 2.84. The number of aromatic amines is 1. The SMILES string of the molecule is O=C(Cn1c(=O)[nH]c2cc(F)ccc21)N1CCCCCC1. The lowest BCUT2D eigenvalue weighted by atomic mass is 10.2. The summed E-state index contributed by atoms with van der Waals surface area (Å²) >= 11 is 0. The molecule has 1 N–H and O–H groups in total.